The first-order chi connectivity index (χ1) is 11.7. The summed E-state index contributed by atoms with van der Waals surface area (Å²) in [5.41, 5.74) is 1.92. The first kappa shape index (κ1) is 17.1. The Hall–Kier alpha value is -1.75. The Morgan fingerprint density at radius 1 is 1.25 bits per heavy atom. The lowest BCUT2D eigenvalue weighted by Gasteiger charge is -2.37. The second kappa shape index (κ2) is 7.88. The van der Waals surface area contributed by atoms with Gasteiger partial charge in [0.2, 0.25) is 0 Å². The number of hydrogen-bond donors (Lipinski definition) is 1. The number of hydrogen-bond acceptors (Lipinski definition) is 3. The second-order valence-corrected chi connectivity index (χ2v) is 6.71. The Morgan fingerprint density at radius 2 is 2.04 bits per heavy atom. The van der Waals surface area contributed by atoms with E-state index in [0.717, 1.165) is 42.8 Å². The average molecular weight is 332 g/mol. The highest BCUT2D eigenvalue weighted by atomic mass is 16.5. The fourth-order valence-corrected chi connectivity index (χ4v) is 3.33. The van der Waals surface area contributed by atoms with Gasteiger partial charge in [-0.2, -0.15) is 0 Å². The van der Waals surface area contributed by atoms with E-state index in [1.54, 1.807) is 7.11 Å². The highest BCUT2D eigenvalue weighted by Gasteiger charge is 2.28. The zero-order valence-electron chi connectivity index (χ0n) is 14.7. The van der Waals surface area contributed by atoms with E-state index >= 15 is 0 Å². The van der Waals surface area contributed by atoms with E-state index in [2.05, 4.69) is 12.2 Å². The van der Waals surface area contributed by atoms with Crippen LogP contribution < -0.4 is 10.1 Å². The molecule has 1 aromatic carbocycles. The molecule has 0 bridgehead atoms. The molecule has 132 valence electrons. The van der Waals surface area contributed by atoms with Crippen molar-refractivity contribution in [3.8, 4) is 5.75 Å². The van der Waals surface area contributed by atoms with Crippen LogP contribution in [0.5, 0.6) is 5.75 Å². The summed E-state index contributed by atoms with van der Waals surface area (Å²) < 4.78 is 11.5. The van der Waals surface area contributed by atoms with Crippen LogP contribution >= 0.6 is 0 Å². The monoisotopic (exact) mass is 332 g/mol. The number of anilines is 1. The minimum absolute atomic E-state index is 0.0526. The maximum absolute atomic E-state index is 12.6. The molecule has 1 N–H and O–H groups in total. The predicted octanol–water partition coefficient (Wildman–Crippen LogP) is 3.82. The van der Waals surface area contributed by atoms with E-state index in [-0.39, 0.29) is 12.1 Å². The van der Waals surface area contributed by atoms with E-state index in [9.17, 15) is 4.79 Å². The fourth-order valence-electron chi connectivity index (χ4n) is 3.33. The number of benzene rings is 1. The normalized spacial score (nSPS) is 21.2. The van der Waals surface area contributed by atoms with Gasteiger partial charge in [-0.3, -0.25) is 0 Å². The van der Waals surface area contributed by atoms with Gasteiger partial charge in [-0.15, -0.1) is 0 Å². The fraction of sp³-hybridized carbons (Fsp3) is 0.632. The zero-order valence-corrected chi connectivity index (χ0v) is 14.7. The molecule has 1 unspecified atom stereocenters. The van der Waals surface area contributed by atoms with Crippen LogP contribution in [-0.2, 0) is 11.2 Å². The van der Waals surface area contributed by atoms with E-state index in [0.29, 0.717) is 12.6 Å². The number of carbonyl (C=O) groups excluding carboxylic acids is 1. The largest absolute Gasteiger partial charge is 0.496 e. The average Bonchev–Trinajstić information content (AvgIpc) is 2.58. The van der Waals surface area contributed by atoms with Crippen molar-refractivity contribution in [1.82, 2.24) is 4.90 Å². The highest BCUT2D eigenvalue weighted by Crippen LogP contribution is 2.27. The molecule has 24 heavy (non-hydrogen) atoms. The molecule has 1 heterocycles. The van der Waals surface area contributed by atoms with Crippen LogP contribution in [0.2, 0.25) is 0 Å². The Kier molecular flexibility index (Phi) is 5.61. The molecular formula is C19H28N2O3. The van der Waals surface area contributed by atoms with Crippen LogP contribution in [0.25, 0.3) is 0 Å². The van der Waals surface area contributed by atoms with Crippen molar-refractivity contribution < 1.29 is 14.3 Å². The molecule has 1 saturated heterocycles. The minimum atomic E-state index is -0.0526. The molecule has 5 nitrogen and oxygen atoms in total. The van der Waals surface area contributed by atoms with Crippen LogP contribution in [0.1, 0.15) is 44.6 Å². The molecule has 0 aromatic heterocycles. The maximum atomic E-state index is 12.6. The quantitative estimate of drug-likeness (QED) is 0.892. The SMILES string of the molecule is CCc1ccc(NC(=O)N2CCCC(OC3CCC3)C2)cc1OC. The van der Waals surface area contributed by atoms with Gasteiger partial charge in [0.15, 0.2) is 0 Å². The number of likely N-dealkylation sites (tertiary alicyclic amines) is 1. The number of carbonyl (C=O) groups is 1. The second-order valence-electron chi connectivity index (χ2n) is 6.71. The number of piperidine rings is 1. The molecule has 2 aliphatic rings. The van der Waals surface area contributed by atoms with Crippen molar-refractivity contribution in [2.45, 2.75) is 57.7 Å². The van der Waals surface area contributed by atoms with Gasteiger partial charge in [0, 0.05) is 24.8 Å². The Balaban J connectivity index is 1.57. The van der Waals surface area contributed by atoms with Crippen LogP contribution in [0, 0.1) is 0 Å². The third kappa shape index (κ3) is 4.01. The van der Waals surface area contributed by atoms with Gasteiger partial charge in [-0.25, -0.2) is 4.79 Å². The zero-order chi connectivity index (χ0) is 16.9. The summed E-state index contributed by atoms with van der Waals surface area (Å²) in [4.78, 5) is 14.4. The van der Waals surface area contributed by atoms with Gasteiger partial charge in [0.05, 0.1) is 19.3 Å². The maximum Gasteiger partial charge on any atom is 0.321 e. The number of nitrogens with one attached hydrogen (secondary N) is 1. The predicted molar refractivity (Wildman–Crippen MR) is 94.7 cm³/mol. The van der Waals surface area contributed by atoms with Gasteiger partial charge in [0.1, 0.15) is 5.75 Å². The van der Waals surface area contributed by atoms with Crippen molar-refractivity contribution in [3.05, 3.63) is 23.8 Å². The lowest BCUT2D eigenvalue weighted by molar-refractivity contribution is -0.0714. The van der Waals surface area contributed by atoms with Crippen LogP contribution in [0.4, 0.5) is 10.5 Å². The molecule has 1 aromatic rings. The van der Waals surface area contributed by atoms with Crippen molar-refractivity contribution in [1.29, 1.82) is 0 Å². The van der Waals surface area contributed by atoms with Gasteiger partial charge < -0.3 is 19.7 Å². The van der Waals surface area contributed by atoms with Gasteiger partial charge >= 0.3 is 6.03 Å². The Bertz CT molecular complexity index is 572. The lowest BCUT2D eigenvalue weighted by atomic mass is 9.95. The minimum Gasteiger partial charge on any atom is -0.496 e. The summed E-state index contributed by atoms with van der Waals surface area (Å²) in [6.45, 7) is 3.57. The molecular weight excluding hydrogens is 304 g/mol. The first-order valence-electron chi connectivity index (χ1n) is 9.08. The van der Waals surface area contributed by atoms with E-state index in [4.69, 9.17) is 9.47 Å². The highest BCUT2D eigenvalue weighted by molar-refractivity contribution is 5.89. The summed E-state index contributed by atoms with van der Waals surface area (Å²) in [7, 11) is 1.66. The third-order valence-corrected chi connectivity index (χ3v) is 5.02. The number of methoxy groups -OCH3 is 1. The van der Waals surface area contributed by atoms with Crippen molar-refractivity contribution in [2.75, 3.05) is 25.5 Å². The summed E-state index contributed by atoms with van der Waals surface area (Å²) in [5, 5.41) is 2.99. The lowest BCUT2D eigenvalue weighted by Crippen LogP contribution is -2.46. The third-order valence-electron chi connectivity index (χ3n) is 5.02. The van der Waals surface area contributed by atoms with Crippen LogP contribution in [0.15, 0.2) is 18.2 Å². The van der Waals surface area contributed by atoms with Crippen LogP contribution in [-0.4, -0.2) is 43.3 Å². The number of rotatable bonds is 5. The summed E-state index contributed by atoms with van der Waals surface area (Å²) >= 11 is 0. The van der Waals surface area contributed by atoms with Crippen LogP contribution in [0.3, 0.4) is 0 Å². The Labute approximate surface area is 144 Å². The van der Waals surface area contributed by atoms with Crippen molar-refractivity contribution >= 4 is 11.7 Å². The van der Waals surface area contributed by atoms with Crippen molar-refractivity contribution in [3.63, 3.8) is 0 Å². The van der Waals surface area contributed by atoms with Gasteiger partial charge in [-0.05, 0) is 50.2 Å². The summed E-state index contributed by atoms with van der Waals surface area (Å²) in [5.74, 6) is 0.820. The molecule has 1 atom stereocenters. The molecule has 0 radical (unpaired) electrons. The number of ether oxygens (including phenoxy) is 2. The van der Waals surface area contributed by atoms with Gasteiger partial charge in [-0.1, -0.05) is 13.0 Å². The molecule has 2 amide bonds. The summed E-state index contributed by atoms with van der Waals surface area (Å²) in [6.07, 6.45) is 7.19. The number of amides is 2. The summed E-state index contributed by atoms with van der Waals surface area (Å²) in [6, 6.07) is 5.78. The number of nitrogens with zero attached hydrogens (tertiary/aromatic N) is 1. The Morgan fingerprint density at radius 3 is 2.71 bits per heavy atom. The molecule has 1 saturated carbocycles. The molecule has 3 rings (SSSR count). The van der Waals surface area contributed by atoms with E-state index in [1.807, 2.05) is 23.1 Å². The molecule has 0 spiro atoms. The number of aryl methyl sites for hydroxylation is 1. The van der Waals surface area contributed by atoms with Crippen molar-refractivity contribution in [2.24, 2.45) is 0 Å². The smallest absolute Gasteiger partial charge is 0.321 e. The number of urea groups is 1. The van der Waals surface area contributed by atoms with E-state index in [1.165, 1.54) is 19.3 Å². The molecule has 1 aliphatic carbocycles. The molecule has 1 aliphatic heterocycles. The van der Waals surface area contributed by atoms with E-state index < -0.39 is 0 Å². The standard InChI is InChI=1S/C19H28N2O3/c1-3-14-9-10-15(12-18(14)23-2)20-19(22)21-11-5-8-17(13-21)24-16-6-4-7-16/h9-10,12,16-17H,3-8,11,13H2,1-2H3,(H,20,22). The topological polar surface area (TPSA) is 50.8 Å². The molecule has 2 fully saturated rings. The molecule has 5 heteroatoms. The first-order valence-corrected chi connectivity index (χ1v) is 9.08. The van der Waals surface area contributed by atoms with Gasteiger partial charge in [0.25, 0.3) is 0 Å².